The number of benzene rings is 1. The summed E-state index contributed by atoms with van der Waals surface area (Å²) < 4.78 is 9.67. The first kappa shape index (κ1) is 13.9. The average molecular weight is 257 g/mol. The molecule has 0 radical (unpaired) electrons. The molecule has 0 heterocycles. The van der Waals surface area contributed by atoms with Gasteiger partial charge in [0.05, 0.1) is 0 Å². The van der Waals surface area contributed by atoms with E-state index in [1.807, 2.05) is 30.3 Å². The molecule has 1 aromatic rings. The maximum Gasteiger partial charge on any atom is 0.407 e. The molecule has 1 aromatic carbocycles. The lowest BCUT2D eigenvalue weighted by atomic mass is 10.2. The first-order valence-electron chi connectivity index (χ1n) is 5.17. The van der Waals surface area contributed by atoms with Gasteiger partial charge in [0.2, 0.25) is 0 Å². The summed E-state index contributed by atoms with van der Waals surface area (Å²) in [6.07, 6.45) is -0.0972. The first-order chi connectivity index (χ1) is 8.22. The minimum Gasteiger partial charge on any atom is -0.445 e. The molecule has 0 saturated heterocycles. The summed E-state index contributed by atoms with van der Waals surface area (Å²) in [4.78, 5) is 20.4. The highest BCUT2D eigenvalue weighted by molar-refractivity contribution is 7.46. The van der Waals surface area contributed by atoms with Crippen molar-refractivity contribution in [3.05, 3.63) is 35.9 Å². The fourth-order valence-corrected chi connectivity index (χ4v) is 1.60. The molecular formula is C11H16NO4P. The maximum absolute atomic E-state index is 11.2. The van der Waals surface area contributed by atoms with Crippen molar-refractivity contribution < 1.29 is 18.9 Å². The smallest absolute Gasteiger partial charge is 0.407 e. The van der Waals surface area contributed by atoms with E-state index in [1.165, 1.54) is 7.11 Å². The van der Waals surface area contributed by atoms with Crippen molar-refractivity contribution in [2.75, 3.05) is 19.8 Å². The number of hydrogen-bond acceptors (Lipinski definition) is 4. The number of carbonyl (C=O) groups is 1. The highest BCUT2D eigenvalue weighted by Crippen LogP contribution is 2.27. The number of hydrogen-bond donors (Lipinski definition) is 2. The first-order valence-corrected chi connectivity index (χ1v) is 6.57. The lowest BCUT2D eigenvalue weighted by molar-refractivity contribution is 0.140. The molecule has 1 amide bonds. The van der Waals surface area contributed by atoms with Gasteiger partial charge in [0.15, 0.2) is 8.38 Å². The number of ether oxygens (including phenoxy) is 1. The summed E-state index contributed by atoms with van der Waals surface area (Å²) in [5.74, 6) is 0. The highest BCUT2D eigenvalue weighted by atomic mass is 31.2. The van der Waals surface area contributed by atoms with Crippen LogP contribution in [0.1, 0.15) is 5.56 Å². The SMILES string of the molecule is COP(O)CCNC(=O)OCc1ccccc1. The van der Waals surface area contributed by atoms with Gasteiger partial charge in [-0.2, -0.15) is 0 Å². The Morgan fingerprint density at radius 3 is 2.76 bits per heavy atom. The molecule has 17 heavy (non-hydrogen) atoms. The fourth-order valence-electron chi connectivity index (χ4n) is 1.12. The molecule has 5 nitrogen and oxygen atoms in total. The van der Waals surface area contributed by atoms with Crippen LogP contribution in [-0.4, -0.2) is 30.8 Å². The molecule has 0 aliphatic rings. The van der Waals surface area contributed by atoms with E-state index < -0.39 is 14.5 Å². The normalized spacial score (nSPS) is 11.9. The molecule has 0 saturated carbocycles. The Kier molecular flexibility index (Phi) is 6.55. The van der Waals surface area contributed by atoms with E-state index >= 15 is 0 Å². The zero-order valence-electron chi connectivity index (χ0n) is 9.63. The average Bonchev–Trinajstić information content (AvgIpc) is 2.37. The fraction of sp³-hybridized carbons (Fsp3) is 0.364. The van der Waals surface area contributed by atoms with Crippen molar-refractivity contribution >= 4 is 14.5 Å². The van der Waals surface area contributed by atoms with E-state index in [0.717, 1.165) is 5.56 Å². The molecule has 0 aliphatic heterocycles. The molecule has 6 heteroatoms. The molecule has 1 rings (SSSR count). The van der Waals surface area contributed by atoms with E-state index in [0.29, 0.717) is 12.7 Å². The largest absolute Gasteiger partial charge is 0.445 e. The van der Waals surface area contributed by atoms with Gasteiger partial charge < -0.3 is 19.5 Å². The highest BCUT2D eigenvalue weighted by Gasteiger charge is 2.05. The van der Waals surface area contributed by atoms with Crippen LogP contribution in [0, 0.1) is 0 Å². The van der Waals surface area contributed by atoms with Gasteiger partial charge in [-0.3, -0.25) is 0 Å². The Labute approximate surface area is 102 Å². The van der Waals surface area contributed by atoms with Gasteiger partial charge >= 0.3 is 6.09 Å². The summed E-state index contributed by atoms with van der Waals surface area (Å²) in [5.41, 5.74) is 0.934. The summed E-state index contributed by atoms with van der Waals surface area (Å²) >= 11 is 0. The van der Waals surface area contributed by atoms with Crippen LogP contribution in [-0.2, 0) is 15.9 Å². The van der Waals surface area contributed by atoms with Crippen LogP contribution in [0.5, 0.6) is 0 Å². The second-order valence-electron chi connectivity index (χ2n) is 3.25. The molecule has 2 N–H and O–H groups in total. The Morgan fingerprint density at radius 1 is 1.41 bits per heavy atom. The van der Waals surface area contributed by atoms with Gasteiger partial charge in [-0.25, -0.2) is 4.79 Å². The molecule has 0 bridgehead atoms. The van der Waals surface area contributed by atoms with Crippen LogP contribution in [0.4, 0.5) is 4.79 Å². The second-order valence-corrected chi connectivity index (χ2v) is 4.76. The molecule has 1 atom stereocenters. The van der Waals surface area contributed by atoms with Crippen LogP contribution < -0.4 is 5.32 Å². The standard InChI is InChI=1S/C11H16NO4P/c1-15-17(14)8-7-12-11(13)16-9-10-5-3-2-4-6-10/h2-6,14H,7-9H2,1H3,(H,12,13). The van der Waals surface area contributed by atoms with Gasteiger partial charge in [-0.05, 0) is 5.56 Å². The number of nitrogens with one attached hydrogen (secondary N) is 1. The summed E-state index contributed by atoms with van der Waals surface area (Å²) in [6, 6.07) is 9.43. The van der Waals surface area contributed by atoms with Crippen LogP contribution in [0.2, 0.25) is 0 Å². The predicted molar refractivity (Wildman–Crippen MR) is 65.6 cm³/mol. The Bertz CT molecular complexity index is 334. The lowest BCUT2D eigenvalue weighted by Crippen LogP contribution is -2.26. The Morgan fingerprint density at radius 2 is 2.12 bits per heavy atom. The van der Waals surface area contributed by atoms with E-state index in [2.05, 4.69) is 9.84 Å². The topological polar surface area (TPSA) is 67.8 Å². The van der Waals surface area contributed by atoms with E-state index in [4.69, 9.17) is 9.63 Å². The zero-order chi connectivity index (χ0) is 12.5. The van der Waals surface area contributed by atoms with Gasteiger partial charge in [-0.1, -0.05) is 30.3 Å². The van der Waals surface area contributed by atoms with Crippen LogP contribution in [0.3, 0.4) is 0 Å². The minimum atomic E-state index is -1.43. The summed E-state index contributed by atoms with van der Waals surface area (Å²) in [6.45, 7) is 0.578. The van der Waals surface area contributed by atoms with Crippen LogP contribution >= 0.6 is 8.38 Å². The van der Waals surface area contributed by atoms with Crippen molar-refractivity contribution in [2.24, 2.45) is 0 Å². The van der Waals surface area contributed by atoms with E-state index in [-0.39, 0.29) is 6.61 Å². The monoisotopic (exact) mass is 257 g/mol. The molecule has 94 valence electrons. The van der Waals surface area contributed by atoms with Gasteiger partial charge in [-0.15, -0.1) is 0 Å². The van der Waals surface area contributed by atoms with E-state index in [9.17, 15) is 4.79 Å². The Balaban J connectivity index is 2.13. The number of alkyl carbamates (subject to hydrolysis) is 1. The molecule has 0 aliphatic carbocycles. The third kappa shape index (κ3) is 6.22. The molecule has 0 aromatic heterocycles. The van der Waals surface area contributed by atoms with Crippen molar-refractivity contribution in [3.8, 4) is 0 Å². The molecule has 0 fully saturated rings. The van der Waals surface area contributed by atoms with Crippen molar-refractivity contribution in [1.29, 1.82) is 0 Å². The van der Waals surface area contributed by atoms with Crippen LogP contribution in [0.15, 0.2) is 30.3 Å². The molecular weight excluding hydrogens is 241 g/mol. The van der Waals surface area contributed by atoms with Crippen LogP contribution in [0.25, 0.3) is 0 Å². The molecule has 0 spiro atoms. The third-order valence-corrected chi connectivity index (χ3v) is 3.02. The van der Waals surface area contributed by atoms with E-state index in [1.54, 1.807) is 0 Å². The quantitative estimate of drug-likeness (QED) is 0.763. The molecule has 1 unspecified atom stereocenters. The lowest BCUT2D eigenvalue weighted by Gasteiger charge is -2.09. The summed E-state index contributed by atoms with van der Waals surface area (Å²) in [5, 5.41) is 2.53. The second kappa shape index (κ2) is 8.01. The third-order valence-electron chi connectivity index (χ3n) is 2.00. The Hall–Kier alpha value is -1.16. The van der Waals surface area contributed by atoms with Gasteiger partial charge in [0, 0.05) is 19.8 Å². The maximum atomic E-state index is 11.2. The number of rotatable bonds is 6. The minimum absolute atomic E-state index is 0.241. The number of amides is 1. The van der Waals surface area contributed by atoms with Crippen molar-refractivity contribution in [2.45, 2.75) is 6.61 Å². The summed E-state index contributed by atoms with van der Waals surface area (Å²) in [7, 11) is -0.00239. The number of carbonyl (C=O) groups excluding carboxylic acids is 1. The van der Waals surface area contributed by atoms with Crippen molar-refractivity contribution in [3.63, 3.8) is 0 Å². The van der Waals surface area contributed by atoms with Gasteiger partial charge in [0.1, 0.15) is 6.61 Å². The zero-order valence-corrected chi connectivity index (χ0v) is 10.5. The predicted octanol–water partition coefficient (Wildman–Crippen LogP) is 1.86. The van der Waals surface area contributed by atoms with Gasteiger partial charge in [0.25, 0.3) is 0 Å². The van der Waals surface area contributed by atoms with Crippen molar-refractivity contribution in [1.82, 2.24) is 5.32 Å².